The molecule has 1 heterocycles. The van der Waals surface area contributed by atoms with Gasteiger partial charge in [-0.25, -0.2) is 0 Å². The van der Waals surface area contributed by atoms with Gasteiger partial charge in [-0.05, 0) is 49.8 Å². The van der Waals surface area contributed by atoms with Gasteiger partial charge in [0.2, 0.25) is 0 Å². The maximum absolute atomic E-state index is 12.4. The fourth-order valence-electron chi connectivity index (χ4n) is 3.47. The first kappa shape index (κ1) is 13.5. The van der Waals surface area contributed by atoms with Gasteiger partial charge in [0.25, 0.3) is 5.91 Å². The summed E-state index contributed by atoms with van der Waals surface area (Å²) in [5, 5.41) is 6.52. The van der Waals surface area contributed by atoms with Crippen LogP contribution < -0.4 is 10.6 Å². The van der Waals surface area contributed by atoms with Gasteiger partial charge in [0, 0.05) is 23.8 Å². The second-order valence-corrected chi connectivity index (χ2v) is 6.21. The lowest BCUT2D eigenvalue weighted by Crippen LogP contribution is -2.38. The first-order chi connectivity index (χ1) is 9.74. The van der Waals surface area contributed by atoms with Gasteiger partial charge in [-0.3, -0.25) is 4.79 Å². The third-order valence-corrected chi connectivity index (χ3v) is 4.80. The number of carbonyl (C=O) groups excluding carboxylic acids is 1. The molecule has 1 atom stereocenters. The van der Waals surface area contributed by atoms with Crippen LogP contribution in [0.5, 0.6) is 0 Å². The van der Waals surface area contributed by atoms with Crippen LogP contribution in [0.1, 0.15) is 54.9 Å². The average molecular weight is 272 g/mol. The lowest BCUT2D eigenvalue weighted by molar-refractivity contribution is 0.0919. The summed E-state index contributed by atoms with van der Waals surface area (Å²) < 4.78 is 0. The number of amides is 1. The van der Waals surface area contributed by atoms with Crippen molar-refractivity contribution in [3.63, 3.8) is 0 Å². The van der Waals surface area contributed by atoms with E-state index in [1.165, 1.54) is 37.7 Å². The molecule has 108 valence electrons. The Morgan fingerprint density at radius 3 is 2.90 bits per heavy atom. The highest BCUT2D eigenvalue weighted by Crippen LogP contribution is 2.27. The normalized spacial score (nSPS) is 20.1. The Balaban J connectivity index is 1.63. The number of rotatable bonds is 3. The van der Waals surface area contributed by atoms with Crippen LogP contribution in [-0.2, 0) is 6.42 Å². The van der Waals surface area contributed by atoms with E-state index in [4.69, 9.17) is 0 Å². The van der Waals surface area contributed by atoms with Crippen LogP contribution in [0.3, 0.4) is 0 Å². The molecule has 3 heteroatoms. The molecule has 0 aromatic heterocycles. The molecule has 3 nitrogen and oxygen atoms in total. The summed E-state index contributed by atoms with van der Waals surface area (Å²) >= 11 is 0. The Kier molecular flexibility index (Phi) is 3.95. The summed E-state index contributed by atoms with van der Waals surface area (Å²) in [5.74, 6) is 0.722. The molecule has 1 aromatic rings. The zero-order valence-corrected chi connectivity index (χ0v) is 12.2. The lowest BCUT2D eigenvalue weighted by Gasteiger charge is -2.28. The van der Waals surface area contributed by atoms with Crippen LogP contribution in [0.25, 0.3) is 0 Å². The molecule has 1 saturated carbocycles. The van der Waals surface area contributed by atoms with Gasteiger partial charge in [0.05, 0.1) is 0 Å². The van der Waals surface area contributed by atoms with Gasteiger partial charge in [-0.2, -0.15) is 0 Å². The van der Waals surface area contributed by atoms with Gasteiger partial charge >= 0.3 is 0 Å². The Hall–Kier alpha value is -1.51. The van der Waals surface area contributed by atoms with E-state index >= 15 is 0 Å². The monoisotopic (exact) mass is 272 g/mol. The van der Waals surface area contributed by atoms with E-state index in [9.17, 15) is 4.79 Å². The van der Waals surface area contributed by atoms with Gasteiger partial charge in [-0.1, -0.05) is 25.3 Å². The number of anilines is 1. The molecule has 1 unspecified atom stereocenters. The molecule has 3 rings (SSSR count). The highest BCUT2D eigenvalue weighted by molar-refractivity contribution is 5.95. The van der Waals surface area contributed by atoms with Crippen molar-refractivity contribution in [2.45, 2.75) is 51.5 Å². The number of carbonyl (C=O) groups is 1. The van der Waals surface area contributed by atoms with Crippen LogP contribution in [-0.4, -0.2) is 18.5 Å². The fraction of sp³-hybridized carbons (Fsp3) is 0.588. The molecule has 0 bridgehead atoms. The predicted octanol–water partition coefficient (Wildman–Crippen LogP) is 3.35. The fourth-order valence-corrected chi connectivity index (χ4v) is 3.47. The molecule has 0 spiro atoms. The summed E-state index contributed by atoms with van der Waals surface area (Å²) in [6.45, 7) is 3.14. The van der Waals surface area contributed by atoms with Gasteiger partial charge in [0.1, 0.15) is 0 Å². The highest BCUT2D eigenvalue weighted by atomic mass is 16.1. The summed E-state index contributed by atoms with van der Waals surface area (Å²) in [6, 6.07) is 6.30. The van der Waals surface area contributed by atoms with Crippen molar-refractivity contribution in [1.82, 2.24) is 5.32 Å². The Morgan fingerprint density at radius 2 is 2.10 bits per heavy atom. The van der Waals surface area contributed by atoms with Crippen LogP contribution in [0, 0.1) is 5.92 Å². The van der Waals surface area contributed by atoms with Crippen LogP contribution >= 0.6 is 0 Å². The molecule has 1 fully saturated rings. The van der Waals surface area contributed by atoms with Crippen molar-refractivity contribution in [3.8, 4) is 0 Å². The SMILES string of the molecule is CC(NC(=O)c1ccc2c(c1)NCC2)C1CCCCC1. The van der Waals surface area contributed by atoms with Crippen molar-refractivity contribution < 1.29 is 4.79 Å². The van der Waals surface area contributed by atoms with E-state index in [1.807, 2.05) is 12.1 Å². The van der Waals surface area contributed by atoms with Gasteiger partial charge < -0.3 is 10.6 Å². The van der Waals surface area contributed by atoms with Gasteiger partial charge in [-0.15, -0.1) is 0 Å². The molecule has 1 amide bonds. The molecular formula is C17H24N2O. The zero-order valence-electron chi connectivity index (χ0n) is 12.2. The Morgan fingerprint density at radius 1 is 1.30 bits per heavy atom. The van der Waals surface area contributed by atoms with Gasteiger partial charge in [0.15, 0.2) is 0 Å². The number of hydrogen-bond donors (Lipinski definition) is 2. The first-order valence-corrected chi connectivity index (χ1v) is 7.92. The van der Waals surface area contributed by atoms with E-state index < -0.39 is 0 Å². The summed E-state index contributed by atoms with van der Waals surface area (Å²) in [6.07, 6.45) is 7.56. The average Bonchev–Trinajstić information content (AvgIpc) is 2.95. The molecule has 0 radical (unpaired) electrons. The van der Waals surface area contributed by atoms with Crippen LogP contribution in [0.15, 0.2) is 18.2 Å². The minimum atomic E-state index is 0.0690. The molecule has 1 aliphatic heterocycles. The van der Waals surface area contributed by atoms with E-state index in [2.05, 4.69) is 23.6 Å². The standard InChI is InChI=1S/C17H24N2O/c1-12(13-5-3-2-4-6-13)19-17(20)15-8-7-14-9-10-18-16(14)11-15/h7-8,11-13,18H,2-6,9-10H2,1H3,(H,19,20). The third kappa shape index (κ3) is 2.82. The minimum absolute atomic E-state index is 0.0690. The number of fused-ring (bicyclic) bond motifs is 1. The summed E-state index contributed by atoms with van der Waals surface area (Å²) in [5.41, 5.74) is 3.23. The molecule has 1 aromatic carbocycles. The minimum Gasteiger partial charge on any atom is -0.384 e. The molecule has 1 aliphatic carbocycles. The number of nitrogens with one attached hydrogen (secondary N) is 2. The number of benzene rings is 1. The molecule has 2 aliphatic rings. The van der Waals surface area contributed by atoms with Crippen molar-refractivity contribution >= 4 is 11.6 Å². The van der Waals surface area contributed by atoms with E-state index in [-0.39, 0.29) is 11.9 Å². The second-order valence-electron chi connectivity index (χ2n) is 6.21. The first-order valence-electron chi connectivity index (χ1n) is 7.92. The van der Waals surface area contributed by atoms with Crippen molar-refractivity contribution in [2.24, 2.45) is 5.92 Å². The third-order valence-electron chi connectivity index (χ3n) is 4.80. The zero-order chi connectivity index (χ0) is 13.9. The lowest BCUT2D eigenvalue weighted by atomic mass is 9.84. The van der Waals surface area contributed by atoms with Crippen molar-refractivity contribution in [2.75, 3.05) is 11.9 Å². The smallest absolute Gasteiger partial charge is 0.251 e. The van der Waals surface area contributed by atoms with Crippen LogP contribution in [0.2, 0.25) is 0 Å². The highest BCUT2D eigenvalue weighted by Gasteiger charge is 2.22. The van der Waals surface area contributed by atoms with Crippen LogP contribution in [0.4, 0.5) is 5.69 Å². The van der Waals surface area contributed by atoms with E-state index in [0.717, 1.165) is 24.2 Å². The van der Waals surface area contributed by atoms with E-state index in [0.29, 0.717) is 5.92 Å². The molecule has 20 heavy (non-hydrogen) atoms. The molecule has 0 saturated heterocycles. The summed E-state index contributed by atoms with van der Waals surface area (Å²) in [7, 11) is 0. The largest absolute Gasteiger partial charge is 0.384 e. The maximum atomic E-state index is 12.4. The maximum Gasteiger partial charge on any atom is 0.251 e. The Bertz CT molecular complexity index is 492. The van der Waals surface area contributed by atoms with Crippen molar-refractivity contribution in [3.05, 3.63) is 29.3 Å². The quantitative estimate of drug-likeness (QED) is 0.886. The topological polar surface area (TPSA) is 41.1 Å². The molecular weight excluding hydrogens is 248 g/mol. The summed E-state index contributed by atoms with van der Waals surface area (Å²) in [4.78, 5) is 12.4. The Labute approximate surface area is 121 Å². The second kappa shape index (κ2) is 5.86. The van der Waals surface area contributed by atoms with Crippen molar-refractivity contribution in [1.29, 1.82) is 0 Å². The molecule has 2 N–H and O–H groups in total. The predicted molar refractivity (Wildman–Crippen MR) is 82.1 cm³/mol. The number of hydrogen-bond acceptors (Lipinski definition) is 2. The van der Waals surface area contributed by atoms with E-state index in [1.54, 1.807) is 0 Å².